The number of aromatic nitrogens is 2. The Morgan fingerprint density at radius 3 is 3.10 bits per heavy atom. The molecular weight excluding hydrogens is 262 g/mol. The Bertz CT molecular complexity index is 481. The second-order valence-corrected chi connectivity index (χ2v) is 4.60. The minimum Gasteiger partial charge on any atom is -0.481 e. The fourth-order valence-corrected chi connectivity index (χ4v) is 2.26. The molecule has 1 unspecified atom stereocenters. The van der Waals surface area contributed by atoms with Crippen LogP contribution in [0.2, 0.25) is 0 Å². The minimum atomic E-state index is -0.855. The largest absolute Gasteiger partial charge is 0.481 e. The Labute approximate surface area is 117 Å². The molecule has 0 saturated carbocycles. The smallest absolute Gasteiger partial charge is 0.306 e. The fraction of sp³-hybridized carbons (Fsp3) is 0.615. The van der Waals surface area contributed by atoms with E-state index in [4.69, 9.17) is 14.6 Å². The Hall–Kier alpha value is -1.89. The molecule has 1 aliphatic rings. The number of ether oxygens (including phenoxy) is 2. The SMILES string of the molecule is CCOc1ncnc(N2CCOC(CC(=O)O)C2)c1C. The summed E-state index contributed by atoms with van der Waals surface area (Å²) in [6, 6.07) is 0. The summed E-state index contributed by atoms with van der Waals surface area (Å²) < 4.78 is 10.9. The highest BCUT2D eigenvalue weighted by molar-refractivity contribution is 5.67. The molecule has 0 bridgehead atoms. The van der Waals surface area contributed by atoms with Crippen LogP contribution in [0.1, 0.15) is 18.9 Å². The van der Waals surface area contributed by atoms with Gasteiger partial charge in [0.15, 0.2) is 0 Å². The van der Waals surface area contributed by atoms with E-state index in [2.05, 4.69) is 9.97 Å². The number of nitrogens with zero attached hydrogens (tertiary/aromatic N) is 3. The van der Waals surface area contributed by atoms with E-state index in [9.17, 15) is 4.79 Å². The molecule has 2 heterocycles. The third kappa shape index (κ3) is 3.36. The van der Waals surface area contributed by atoms with E-state index in [1.807, 2.05) is 18.7 Å². The third-order valence-electron chi connectivity index (χ3n) is 3.13. The Morgan fingerprint density at radius 2 is 2.40 bits per heavy atom. The monoisotopic (exact) mass is 281 g/mol. The molecule has 7 nitrogen and oxygen atoms in total. The lowest BCUT2D eigenvalue weighted by molar-refractivity contribution is -0.140. The number of hydrogen-bond donors (Lipinski definition) is 1. The topological polar surface area (TPSA) is 84.8 Å². The van der Waals surface area contributed by atoms with E-state index in [1.54, 1.807) is 0 Å². The molecule has 1 saturated heterocycles. The van der Waals surface area contributed by atoms with Gasteiger partial charge in [-0.1, -0.05) is 0 Å². The standard InChI is InChI=1S/C13H19N3O4/c1-3-19-13-9(2)12(14-8-15-13)16-4-5-20-10(7-16)6-11(17)18/h8,10H,3-7H2,1-2H3,(H,17,18). The van der Waals surface area contributed by atoms with Crippen molar-refractivity contribution in [1.82, 2.24) is 9.97 Å². The van der Waals surface area contributed by atoms with Crippen molar-refractivity contribution < 1.29 is 19.4 Å². The molecular formula is C13H19N3O4. The number of aliphatic carboxylic acids is 1. The van der Waals surface area contributed by atoms with Crippen molar-refractivity contribution in [3.63, 3.8) is 0 Å². The van der Waals surface area contributed by atoms with Gasteiger partial charge in [0.05, 0.1) is 31.3 Å². The van der Waals surface area contributed by atoms with Gasteiger partial charge < -0.3 is 19.5 Å². The highest BCUT2D eigenvalue weighted by Crippen LogP contribution is 2.25. The lowest BCUT2D eigenvalue weighted by atomic mass is 10.2. The van der Waals surface area contributed by atoms with Crippen LogP contribution < -0.4 is 9.64 Å². The average molecular weight is 281 g/mol. The second-order valence-electron chi connectivity index (χ2n) is 4.60. The van der Waals surface area contributed by atoms with Crippen LogP contribution in [-0.4, -0.2) is 53.5 Å². The molecule has 0 aliphatic carbocycles. The highest BCUT2D eigenvalue weighted by Gasteiger charge is 2.25. The van der Waals surface area contributed by atoms with Crippen LogP contribution in [0.5, 0.6) is 5.88 Å². The summed E-state index contributed by atoms with van der Waals surface area (Å²) in [5.41, 5.74) is 0.866. The quantitative estimate of drug-likeness (QED) is 0.856. The van der Waals surface area contributed by atoms with Gasteiger partial charge in [-0.05, 0) is 13.8 Å². The summed E-state index contributed by atoms with van der Waals surface area (Å²) in [4.78, 5) is 21.2. The number of carboxylic acids is 1. The predicted octanol–water partition coefficient (Wildman–Crippen LogP) is 0.864. The van der Waals surface area contributed by atoms with Crippen LogP contribution in [0.4, 0.5) is 5.82 Å². The zero-order valence-electron chi connectivity index (χ0n) is 11.7. The molecule has 1 N–H and O–H groups in total. The summed E-state index contributed by atoms with van der Waals surface area (Å²) >= 11 is 0. The Kier molecular flexibility index (Phi) is 4.73. The maximum absolute atomic E-state index is 10.8. The van der Waals surface area contributed by atoms with Crippen molar-refractivity contribution in [2.45, 2.75) is 26.4 Å². The molecule has 1 aromatic rings. The van der Waals surface area contributed by atoms with Gasteiger partial charge in [0.1, 0.15) is 12.1 Å². The average Bonchev–Trinajstić information content (AvgIpc) is 2.41. The lowest BCUT2D eigenvalue weighted by Crippen LogP contribution is -2.44. The van der Waals surface area contributed by atoms with Crippen molar-refractivity contribution in [1.29, 1.82) is 0 Å². The molecule has 0 amide bonds. The molecule has 7 heteroatoms. The van der Waals surface area contributed by atoms with Crippen LogP contribution in [0, 0.1) is 6.92 Å². The molecule has 1 fully saturated rings. The van der Waals surface area contributed by atoms with Crippen LogP contribution in [0.25, 0.3) is 0 Å². The number of hydrogen-bond acceptors (Lipinski definition) is 6. The number of rotatable bonds is 5. The van der Waals surface area contributed by atoms with Gasteiger partial charge in [-0.3, -0.25) is 4.79 Å². The van der Waals surface area contributed by atoms with Crippen molar-refractivity contribution >= 4 is 11.8 Å². The van der Waals surface area contributed by atoms with E-state index >= 15 is 0 Å². The van der Waals surface area contributed by atoms with Gasteiger partial charge >= 0.3 is 5.97 Å². The van der Waals surface area contributed by atoms with Crippen molar-refractivity contribution in [3.8, 4) is 5.88 Å². The maximum atomic E-state index is 10.8. The molecule has 0 radical (unpaired) electrons. The van der Waals surface area contributed by atoms with Gasteiger partial charge in [0.2, 0.25) is 5.88 Å². The summed E-state index contributed by atoms with van der Waals surface area (Å²) in [7, 11) is 0. The summed E-state index contributed by atoms with van der Waals surface area (Å²) in [6.07, 6.45) is 1.15. The Balaban J connectivity index is 2.14. The normalized spacial score (nSPS) is 18.9. The first kappa shape index (κ1) is 14.5. The maximum Gasteiger partial charge on any atom is 0.306 e. The molecule has 0 aromatic carbocycles. The van der Waals surface area contributed by atoms with Gasteiger partial charge in [0.25, 0.3) is 0 Å². The van der Waals surface area contributed by atoms with Crippen LogP contribution in [0.15, 0.2) is 6.33 Å². The second kappa shape index (κ2) is 6.51. The summed E-state index contributed by atoms with van der Waals surface area (Å²) in [6.45, 7) is 6.03. The van der Waals surface area contributed by atoms with Crippen molar-refractivity contribution in [3.05, 3.63) is 11.9 Å². The molecule has 20 heavy (non-hydrogen) atoms. The van der Waals surface area contributed by atoms with Gasteiger partial charge in [-0.25, -0.2) is 9.97 Å². The molecule has 0 spiro atoms. The lowest BCUT2D eigenvalue weighted by Gasteiger charge is -2.33. The Morgan fingerprint density at radius 1 is 1.60 bits per heavy atom. The number of carboxylic acid groups (broad SMARTS) is 1. The first-order chi connectivity index (χ1) is 9.61. The zero-order valence-corrected chi connectivity index (χ0v) is 11.7. The van der Waals surface area contributed by atoms with Crippen molar-refractivity contribution in [2.24, 2.45) is 0 Å². The van der Waals surface area contributed by atoms with E-state index in [0.29, 0.717) is 32.2 Å². The molecule has 1 atom stereocenters. The first-order valence-electron chi connectivity index (χ1n) is 6.64. The zero-order chi connectivity index (χ0) is 14.5. The van der Waals surface area contributed by atoms with E-state index < -0.39 is 5.97 Å². The fourth-order valence-electron chi connectivity index (χ4n) is 2.26. The highest BCUT2D eigenvalue weighted by atomic mass is 16.5. The molecule has 1 aliphatic heterocycles. The third-order valence-corrected chi connectivity index (χ3v) is 3.13. The minimum absolute atomic E-state index is 0.00104. The van der Waals surface area contributed by atoms with Gasteiger partial charge in [-0.2, -0.15) is 0 Å². The molecule has 2 rings (SSSR count). The first-order valence-corrected chi connectivity index (χ1v) is 6.64. The van der Waals surface area contributed by atoms with Gasteiger partial charge in [0, 0.05) is 13.1 Å². The number of carbonyl (C=O) groups is 1. The van der Waals surface area contributed by atoms with Gasteiger partial charge in [-0.15, -0.1) is 0 Å². The van der Waals surface area contributed by atoms with Crippen LogP contribution >= 0.6 is 0 Å². The summed E-state index contributed by atoms with van der Waals surface area (Å²) in [5, 5.41) is 8.85. The van der Waals surface area contributed by atoms with E-state index in [0.717, 1.165) is 11.4 Å². The predicted molar refractivity (Wildman–Crippen MR) is 72.1 cm³/mol. The van der Waals surface area contributed by atoms with E-state index in [-0.39, 0.29) is 12.5 Å². The molecule has 1 aromatic heterocycles. The van der Waals surface area contributed by atoms with E-state index in [1.165, 1.54) is 6.33 Å². The van der Waals surface area contributed by atoms with Crippen LogP contribution in [-0.2, 0) is 9.53 Å². The van der Waals surface area contributed by atoms with Crippen molar-refractivity contribution in [2.75, 3.05) is 31.2 Å². The summed E-state index contributed by atoms with van der Waals surface area (Å²) in [5.74, 6) is 0.493. The number of anilines is 1. The number of morpholine rings is 1. The van der Waals surface area contributed by atoms with Crippen LogP contribution in [0.3, 0.4) is 0 Å². The molecule has 110 valence electrons.